The molecule has 0 saturated heterocycles. The second-order valence-corrected chi connectivity index (χ2v) is 4.34. The molecule has 0 aliphatic heterocycles. The van der Waals surface area contributed by atoms with Crippen LogP contribution in [0.2, 0.25) is 0 Å². The zero-order valence-electron chi connectivity index (χ0n) is 6.06. The maximum atomic E-state index is 12.3. The van der Waals surface area contributed by atoms with E-state index in [2.05, 4.69) is 4.98 Å². The number of hydrogen-bond donors (Lipinski definition) is 0. The van der Waals surface area contributed by atoms with Crippen molar-refractivity contribution >= 4 is 45.2 Å². The van der Waals surface area contributed by atoms with Crippen LogP contribution in [0.4, 0.5) is 8.78 Å². The van der Waals surface area contributed by atoms with Crippen molar-refractivity contribution in [3.05, 3.63) is 24.6 Å². The van der Waals surface area contributed by atoms with Crippen LogP contribution in [0.25, 0.3) is 0 Å². The standard InChI is InChI=1S/C7H2F2I2N2/c8-7(9)6-5(11)4(10)1-3(2-12)13-6/h1,7H. The summed E-state index contributed by atoms with van der Waals surface area (Å²) >= 11 is 3.69. The second kappa shape index (κ2) is 4.45. The molecular formula is C7H2F2I2N2. The van der Waals surface area contributed by atoms with E-state index in [-0.39, 0.29) is 11.4 Å². The van der Waals surface area contributed by atoms with Crippen molar-refractivity contribution in [2.45, 2.75) is 6.43 Å². The lowest BCUT2D eigenvalue weighted by Crippen LogP contribution is -1.99. The van der Waals surface area contributed by atoms with Crippen molar-refractivity contribution < 1.29 is 8.78 Å². The molecule has 0 aromatic carbocycles. The van der Waals surface area contributed by atoms with E-state index in [9.17, 15) is 8.78 Å². The predicted octanol–water partition coefficient (Wildman–Crippen LogP) is 3.10. The Hall–Kier alpha value is -0.0400. The zero-order valence-corrected chi connectivity index (χ0v) is 10.4. The molecule has 0 saturated carbocycles. The molecule has 0 aliphatic rings. The highest BCUT2D eigenvalue weighted by molar-refractivity contribution is 14.1. The SMILES string of the molecule is N#Cc1cc(I)c(I)c(C(F)F)n1. The fourth-order valence-corrected chi connectivity index (χ4v) is 1.80. The maximum Gasteiger partial charge on any atom is 0.281 e. The molecule has 0 unspecified atom stereocenters. The summed E-state index contributed by atoms with van der Waals surface area (Å²) in [7, 11) is 0. The van der Waals surface area contributed by atoms with Crippen LogP contribution < -0.4 is 0 Å². The van der Waals surface area contributed by atoms with Gasteiger partial charge in [0.2, 0.25) is 0 Å². The van der Waals surface area contributed by atoms with Crippen LogP contribution in [-0.4, -0.2) is 4.98 Å². The molecule has 0 amide bonds. The maximum absolute atomic E-state index is 12.3. The van der Waals surface area contributed by atoms with Gasteiger partial charge in [-0.3, -0.25) is 0 Å². The first kappa shape index (κ1) is 11.0. The highest BCUT2D eigenvalue weighted by atomic mass is 127. The topological polar surface area (TPSA) is 36.7 Å². The number of nitrogens with zero attached hydrogens (tertiary/aromatic N) is 2. The molecule has 0 bridgehead atoms. The van der Waals surface area contributed by atoms with E-state index in [1.165, 1.54) is 6.07 Å². The van der Waals surface area contributed by atoms with Gasteiger partial charge in [-0.2, -0.15) is 5.26 Å². The number of nitriles is 1. The fraction of sp³-hybridized carbons (Fsp3) is 0.143. The molecule has 1 aromatic rings. The number of aromatic nitrogens is 1. The fourth-order valence-electron chi connectivity index (χ4n) is 0.719. The van der Waals surface area contributed by atoms with Gasteiger partial charge in [0.05, 0.1) is 3.57 Å². The van der Waals surface area contributed by atoms with Crippen LogP contribution >= 0.6 is 45.2 Å². The van der Waals surface area contributed by atoms with Crippen LogP contribution in [0.1, 0.15) is 17.8 Å². The molecule has 0 aliphatic carbocycles. The lowest BCUT2D eigenvalue weighted by atomic mass is 10.3. The van der Waals surface area contributed by atoms with Gasteiger partial charge < -0.3 is 0 Å². The van der Waals surface area contributed by atoms with E-state index in [0.29, 0.717) is 7.14 Å². The van der Waals surface area contributed by atoms with Crippen molar-refractivity contribution in [3.8, 4) is 6.07 Å². The van der Waals surface area contributed by atoms with Crippen LogP contribution in [0.3, 0.4) is 0 Å². The molecule has 2 nitrogen and oxygen atoms in total. The van der Waals surface area contributed by atoms with E-state index in [4.69, 9.17) is 5.26 Å². The minimum absolute atomic E-state index is 0.0279. The third-order valence-electron chi connectivity index (χ3n) is 1.26. The van der Waals surface area contributed by atoms with Gasteiger partial charge in [-0.1, -0.05) is 0 Å². The number of rotatable bonds is 1. The van der Waals surface area contributed by atoms with Gasteiger partial charge in [0.15, 0.2) is 0 Å². The van der Waals surface area contributed by atoms with Crippen molar-refractivity contribution in [2.24, 2.45) is 0 Å². The van der Waals surface area contributed by atoms with Gasteiger partial charge in [-0.15, -0.1) is 0 Å². The Morgan fingerprint density at radius 3 is 2.54 bits per heavy atom. The lowest BCUT2D eigenvalue weighted by molar-refractivity contribution is 0.145. The van der Waals surface area contributed by atoms with Crippen LogP contribution in [0, 0.1) is 18.5 Å². The molecule has 6 heteroatoms. The Bertz CT molecular complexity index is 373. The average Bonchev–Trinajstić information content (AvgIpc) is 2.09. The molecule has 1 aromatic heterocycles. The van der Waals surface area contributed by atoms with Crippen LogP contribution in [-0.2, 0) is 0 Å². The summed E-state index contributed by atoms with van der Waals surface area (Å²) in [6, 6.07) is 3.22. The smallest absolute Gasteiger partial charge is 0.235 e. The molecule has 1 heterocycles. The zero-order chi connectivity index (χ0) is 10.0. The van der Waals surface area contributed by atoms with Crippen molar-refractivity contribution in [3.63, 3.8) is 0 Å². The molecule has 0 spiro atoms. The van der Waals surface area contributed by atoms with E-state index >= 15 is 0 Å². The van der Waals surface area contributed by atoms with E-state index in [0.717, 1.165) is 0 Å². The molecule has 0 radical (unpaired) electrons. The monoisotopic (exact) mass is 406 g/mol. The molecule has 68 valence electrons. The lowest BCUT2D eigenvalue weighted by Gasteiger charge is -2.04. The third-order valence-corrected chi connectivity index (χ3v) is 4.28. The Kier molecular flexibility index (Phi) is 3.78. The van der Waals surface area contributed by atoms with Gasteiger partial charge >= 0.3 is 0 Å². The molecule has 1 rings (SSSR count). The number of hydrogen-bond acceptors (Lipinski definition) is 2. The van der Waals surface area contributed by atoms with Gasteiger partial charge in [0.25, 0.3) is 6.43 Å². The summed E-state index contributed by atoms with van der Waals surface area (Å²) in [4.78, 5) is 3.53. The minimum atomic E-state index is -2.63. The highest BCUT2D eigenvalue weighted by Gasteiger charge is 2.16. The first-order valence-corrected chi connectivity index (χ1v) is 5.26. The third kappa shape index (κ3) is 2.46. The average molecular weight is 406 g/mol. The molecule has 0 N–H and O–H groups in total. The Morgan fingerprint density at radius 1 is 1.46 bits per heavy atom. The quantitative estimate of drug-likeness (QED) is 0.673. The van der Waals surface area contributed by atoms with Crippen LogP contribution in [0.5, 0.6) is 0 Å². The van der Waals surface area contributed by atoms with Gasteiger partial charge in [-0.25, -0.2) is 13.8 Å². The summed E-state index contributed by atoms with van der Waals surface area (Å²) < 4.78 is 25.7. The van der Waals surface area contributed by atoms with Crippen molar-refractivity contribution in [1.29, 1.82) is 5.26 Å². The molecule has 0 fully saturated rings. The number of alkyl halides is 2. The summed E-state index contributed by atoms with van der Waals surface area (Å²) in [5, 5.41) is 8.50. The second-order valence-electron chi connectivity index (χ2n) is 2.10. The predicted molar refractivity (Wildman–Crippen MR) is 59.3 cm³/mol. The van der Waals surface area contributed by atoms with E-state index in [1.807, 2.05) is 22.6 Å². The first-order valence-electron chi connectivity index (χ1n) is 3.10. The minimum Gasteiger partial charge on any atom is -0.235 e. The molecular weight excluding hydrogens is 404 g/mol. The van der Waals surface area contributed by atoms with Gasteiger partial charge in [-0.05, 0) is 51.2 Å². The number of halogens is 4. The molecule has 0 atom stereocenters. The first-order chi connectivity index (χ1) is 6.06. The number of pyridine rings is 1. The van der Waals surface area contributed by atoms with Gasteiger partial charge in [0.1, 0.15) is 17.5 Å². The largest absolute Gasteiger partial charge is 0.281 e. The van der Waals surface area contributed by atoms with Gasteiger partial charge in [0, 0.05) is 3.57 Å². The molecule has 13 heavy (non-hydrogen) atoms. The Morgan fingerprint density at radius 2 is 2.08 bits per heavy atom. The Labute approximate surface area is 101 Å². The summed E-state index contributed by atoms with van der Waals surface area (Å²) in [5.74, 6) is 0. The summed E-state index contributed by atoms with van der Waals surface area (Å²) in [6.45, 7) is 0. The Balaban J connectivity index is 3.35. The summed E-state index contributed by atoms with van der Waals surface area (Å²) in [6.07, 6.45) is -2.63. The normalized spacial score (nSPS) is 10.2. The highest BCUT2D eigenvalue weighted by Crippen LogP contribution is 2.26. The van der Waals surface area contributed by atoms with E-state index in [1.54, 1.807) is 28.7 Å². The van der Waals surface area contributed by atoms with Crippen molar-refractivity contribution in [1.82, 2.24) is 4.98 Å². The van der Waals surface area contributed by atoms with E-state index < -0.39 is 6.43 Å². The summed E-state index contributed by atoms with van der Waals surface area (Å²) in [5.41, 5.74) is -0.288. The van der Waals surface area contributed by atoms with Crippen LogP contribution in [0.15, 0.2) is 6.07 Å². The van der Waals surface area contributed by atoms with Crippen molar-refractivity contribution in [2.75, 3.05) is 0 Å².